The molecule has 0 saturated carbocycles. The molecule has 5 nitrogen and oxygen atoms in total. The van der Waals surface area contributed by atoms with Gasteiger partial charge >= 0.3 is 5.69 Å². The van der Waals surface area contributed by atoms with Crippen LogP contribution in [0.15, 0.2) is 48.5 Å². The molecule has 0 saturated heterocycles. The van der Waals surface area contributed by atoms with Gasteiger partial charge in [0.25, 0.3) is 0 Å². The first-order chi connectivity index (χ1) is 13.5. The third-order valence-electron chi connectivity index (χ3n) is 5.25. The molecule has 0 spiro atoms. The summed E-state index contributed by atoms with van der Waals surface area (Å²) < 4.78 is 13.1. The topological polar surface area (TPSA) is 61.6 Å². The smallest absolute Gasteiger partial charge is 0.311 e. The molecule has 0 unspecified atom stereocenters. The van der Waals surface area contributed by atoms with Gasteiger partial charge in [0.2, 0.25) is 0 Å². The summed E-state index contributed by atoms with van der Waals surface area (Å²) >= 11 is 2.30. The molecular formula is C21H28INO4Si. The van der Waals surface area contributed by atoms with Crippen molar-refractivity contribution >= 4 is 36.6 Å². The highest BCUT2D eigenvalue weighted by atomic mass is 127. The summed E-state index contributed by atoms with van der Waals surface area (Å²) in [6.07, 6.45) is -0.131. The van der Waals surface area contributed by atoms with Gasteiger partial charge in [0, 0.05) is 10.5 Å². The Kier molecular flexibility index (Phi) is 8.90. The van der Waals surface area contributed by atoms with Gasteiger partial charge in [0.15, 0.2) is 14.1 Å². The number of ether oxygens (including phenoxy) is 1. The van der Waals surface area contributed by atoms with E-state index in [0.717, 1.165) is 33.7 Å². The van der Waals surface area contributed by atoms with E-state index in [4.69, 9.17) is 9.16 Å². The molecular weight excluding hydrogens is 485 g/mol. The summed E-state index contributed by atoms with van der Waals surface area (Å²) in [5.74, 6) is 0.287. The number of hydrogen-bond acceptors (Lipinski definition) is 4. The lowest BCUT2D eigenvalue weighted by atomic mass is 10.1. The molecule has 28 heavy (non-hydrogen) atoms. The standard InChI is InChI=1S/C21H28INO4Si/c1-4-28(5-2,6-3)27-21(15-22)18-12-13-20(19(14-18)23(24)25)26-16-17-10-8-7-9-11-17/h7-14,21H,4-6,15-16H2,1-3H3/t21-/m1/s1. The number of nitro groups is 1. The molecule has 0 N–H and O–H groups in total. The summed E-state index contributed by atoms with van der Waals surface area (Å²) in [6.45, 7) is 6.86. The molecule has 7 heteroatoms. The fourth-order valence-corrected chi connectivity index (χ4v) is 7.08. The Hall–Kier alpha value is -1.45. The van der Waals surface area contributed by atoms with Gasteiger partial charge in [-0.3, -0.25) is 10.1 Å². The second-order valence-corrected chi connectivity index (χ2v) is 12.4. The molecule has 0 fully saturated rings. The van der Waals surface area contributed by atoms with E-state index in [9.17, 15) is 10.1 Å². The maximum absolute atomic E-state index is 11.6. The molecule has 0 radical (unpaired) electrons. The zero-order valence-electron chi connectivity index (χ0n) is 16.7. The van der Waals surface area contributed by atoms with E-state index in [0.29, 0.717) is 6.61 Å². The van der Waals surface area contributed by atoms with Crippen LogP contribution in [0.2, 0.25) is 18.1 Å². The molecule has 0 amide bonds. The van der Waals surface area contributed by atoms with Crippen LogP contribution in [0.25, 0.3) is 0 Å². The molecule has 1 atom stereocenters. The molecule has 0 aliphatic carbocycles. The number of nitro benzene ring substituents is 1. The van der Waals surface area contributed by atoms with Crippen LogP contribution in [0.3, 0.4) is 0 Å². The number of rotatable bonds is 11. The first-order valence-electron chi connectivity index (χ1n) is 9.67. The Morgan fingerprint density at radius 1 is 1.07 bits per heavy atom. The molecule has 0 aliphatic rings. The SMILES string of the molecule is CC[Si](CC)(CC)O[C@H](CI)c1ccc(OCc2ccccc2)c([N+](=O)[O-])c1. The predicted molar refractivity (Wildman–Crippen MR) is 124 cm³/mol. The zero-order chi connectivity index (χ0) is 20.6. The van der Waals surface area contributed by atoms with Crippen molar-refractivity contribution in [2.45, 2.75) is 51.6 Å². The van der Waals surface area contributed by atoms with Crippen LogP contribution >= 0.6 is 22.6 Å². The van der Waals surface area contributed by atoms with Gasteiger partial charge in [0.05, 0.1) is 11.0 Å². The molecule has 0 heterocycles. The fourth-order valence-electron chi connectivity index (χ4n) is 3.23. The lowest BCUT2D eigenvalue weighted by Crippen LogP contribution is -2.37. The molecule has 0 aliphatic heterocycles. The normalized spacial score (nSPS) is 12.6. The van der Waals surface area contributed by atoms with E-state index >= 15 is 0 Å². The second-order valence-electron chi connectivity index (χ2n) is 6.76. The van der Waals surface area contributed by atoms with Gasteiger partial charge in [-0.25, -0.2) is 0 Å². The van der Waals surface area contributed by atoms with Crippen molar-refractivity contribution < 1.29 is 14.1 Å². The van der Waals surface area contributed by atoms with Crippen molar-refractivity contribution in [3.8, 4) is 5.75 Å². The number of alkyl halides is 1. The first kappa shape index (κ1) is 22.8. The van der Waals surface area contributed by atoms with E-state index in [-0.39, 0.29) is 22.5 Å². The summed E-state index contributed by atoms with van der Waals surface area (Å²) in [7, 11) is -1.81. The van der Waals surface area contributed by atoms with Gasteiger partial charge < -0.3 is 9.16 Å². The van der Waals surface area contributed by atoms with E-state index in [1.165, 1.54) is 0 Å². The monoisotopic (exact) mass is 513 g/mol. The largest absolute Gasteiger partial charge is 0.482 e. The number of halogens is 1. The summed E-state index contributed by atoms with van der Waals surface area (Å²) in [5.41, 5.74) is 1.81. The van der Waals surface area contributed by atoms with Gasteiger partial charge in [-0.1, -0.05) is 79.8 Å². The molecule has 2 aromatic rings. The second kappa shape index (κ2) is 10.9. The molecule has 2 rings (SSSR count). The molecule has 152 valence electrons. The maximum Gasteiger partial charge on any atom is 0.311 e. The molecule has 0 bridgehead atoms. The Balaban J connectivity index is 2.25. The van der Waals surface area contributed by atoms with E-state index < -0.39 is 8.32 Å². The quantitative estimate of drug-likeness (QED) is 0.111. The van der Waals surface area contributed by atoms with Crippen LogP contribution in [0, 0.1) is 10.1 Å². The highest BCUT2D eigenvalue weighted by molar-refractivity contribution is 14.1. The van der Waals surface area contributed by atoms with E-state index in [1.54, 1.807) is 12.1 Å². The van der Waals surface area contributed by atoms with Crippen molar-refractivity contribution in [3.05, 3.63) is 69.8 Å². The van der Waals surface area contributed by atoms with E-state index in [1.807, 2.05) is 36.4 Å². The molecule has 0 aromatic heterocycles. The minimum absolute atomic E-state index is 0.0105. The van der Waals surface area contributed by atoms with Crippen molar-refractivity contribution in [2.24, 2.45) is 0 Å². The van der Waals surface area contributed by atoms with Crippen LogP contribution in [0.5, 0.6) is 5.75 Å². The highest BCUT2D eigenvalue weighted by Gasteiger charge is 2.33. The predicted octanol–water partition coefficient (Wildman–Crippen LogP) is 6.67. The first-order valence-corrected chi connectivity index (χ1v) is 13.7. The highest BCUT2D eigenvalue weighted by Crippen LogP contribution is 2.35. The minimum atomic E-state index is -1.81. The average molecular weight is 513 g/mol. The van der Waals surface area contributed by atoms with Crippen LogP contribution in [-0.2, 0) is 11.0 Å². The van der Waals surface area contributed by atoms with Crippen molar-refractivity contribution in [1.82, 2.24) is 0 Å². The Morgan fingerprint density at radius 2 is 1.71 bits per heavy atom. The fraction of sp³-hybridized carbons (Fsp3) is 0.429. The average Bonchev–Trinajstić information content (AvgIpc) is 2.74. The molecule has 2 aromatic carbocycles. The number of nitrogens with zero attached hydrogens (tertiary/aromatic N) is 1. The van der Waals surface area contributed by atoms with Gasteiger partial charge in [-0.2, -0.15) is 0 Å². The lowest BCUT2D eigenvalue weighted by Gasteiger charge is -2.32. The Morgan fingerprint density at radius 3 is 2.25 bits per heavy atom. The zero-order valence-corrected chi connectivity index (χ0v) is 19.8. The van der Waals surface area contributed by atoms with Crippen LogP contribution in [0.4, 0.5) is 5.69 Å². The van der Waals surface area contributed by atoms with Gasteiger partial charge in [-0.15, -0.1) is 0 Å². The Labute approximate surface area is 181 Å². The van der Waals surface area contributed by atoms with Crippen molar-refractivity contribution in [2.75, 3.05) is 4.43 Å². The van der Waals surface area contributed by atoms with Crippen LogP contribution in [-0.4, -0.2) is 17.7 Å². The van der Waals surface area contributed by atoms with Crippen molar-refractivity contribution in [3.63, 3.8) is 0 Å². The van der Waals surface area contributed by atoms with Crippen molar-refractivity contribution in [1.29, 1.82) is 0 Å². The van der Waals surface area contributed by atoms with Crippen LogP contribution in [0.1, 0.15) is 38.0 Å². The minimum Gasteiger partial charge on any atom is -0.482 e. The van der Waals surface area contributed by atoms with Gasteiger partial charge in [0.1, 0.15) is 6.61 Å². The van der Waals surface area contributed by atoms with Gasteiger partial charge in [-0.05, 0) is 35.3 Å². The van der Waals surface area contributed by atoms with Crippen LogP contribution < -0.4 is 4.74 Å². The maximum atomic E-state index is 11.6. The summed E-state index contributed by atoms with van der Waals surface area (Å²) in [4.78, 5) is 11.3. The number of benzene rings is 2. The number of hydrogen-bond donors (Lipinski definition) is 0. The lowest BCUT2D eigenvalue weighted by molar-refractivity contribution is -0.386. The summed E-state index contributed by atoms with van der Waals surface area (Å²) in [5, 5.41) is 11.6. The summed E-state index contributed by atoms with van der Waals surface area (Å²) in [6, 6.07) is 18.0. The third-order valence-corrected chi connectivity index (χ3v) is 10.7. The Bertz CT molecular complexity index is 760. The van der Waals surface area contributed by atoms with E-state index in [2.05, 4.69) is 43.4 Å². The third kappa shape index (κ3) is 5.77.